The fourth-order valence-corrected chi connectivity index (χ4v) is 2.10. The van der Waals surface area contributed by atoms with Crippen LogP contribution in [-0.2, 0) is 9.47 Å². The van der Waals surface area contributed by atoms with Gasteiger partial charge in [-0.15, -0.1) is 0 Å². The molecule has 0 heterocycles. The molecule has 0 saturated carbocycles. The molecule has 2 amide bonds. The molecular weight excluding hydrogens is 284 g/mol. The molecular formula is C16H24N2O4. The van der Waals surface area contributed by atoms with Crippen molar-refractivity contribution in [2.24, 2.45) is 0 Å². The van der Waals surface area contributed by atoms with E-state index in [-0.39, 0.29) is 19.3 Å². The first kappa shape index (κ1) is 17.8. The number of carbonyl (C=O) groups is 2. The average Bonchev–Trinajstić information content (AvgIpc) is 2.52. The zero-order valence-corrected chi connectivity index (χ0v) is 13.4. The number of nitrogens with one attached hydrogen (secondary N) is 1. The summed E-state index contributed by atoms with van der Waals surface area (Å²) >= 11 is 0. The molecule has 122 valence electrons. The normalized spacial score (nSPS) is 11.4. The highest BCUT2D eigenvalue weighted by atomic mass is 16.6. The maximum atomic E-state index is 12.2. The Bertz CT molecular complexity index is 464. The van der Waals surface area contributed by atoms with Gasteiger partial charge in [-0.25, -0.2) is 20.0 Å². The molecule has 0 radical (unpaired) electrons. The quantitative estimate of drug-likeness (QED) is 0.815. The van der Waals surface area contributed by atoms with E-state index >= 15 is 0 Å². The minimum Gasteiger partial charge on any atom is -0.449 e. The van der Waals surface area contributed by atoms with Crippen LogP contribution in [0.3, 0.4) is 0 Å². The Morgan fingerprint density at radius 1 is 1.09 bits per heavy atom. The number of amides is 2. The van der Waals surface area contributed by atoms with Crippen molar-refractivity contribution in [2.45, 2.75) is 39.7 Å². The van der Waals surface area contributed by atoms with E-state index in [9.17, 15) is 9.59 Å². The fourth-order valence-electron chi connectivity index (χ4n) is 2.10. The van der Waals surface area contributed by atoms with E-state index in [1.165, 1.54) is 5.01 Å². The maximum Gasteiger partial charge on any atom is 0.429 e. The third-order valence-corrected chi connectivity index (χ3v) is 3.01. The Morgan fingerprint density at radius 2 is 1.73 bits per heavy atom. The van der Waals surface area contributed by atoms with Crippen molar-refractivity contribution in [1.29, 1.82) is 0 Å². The Morgan fingerprint density at radius 3 is 2.27 bits per heavy atom. The third-order valence-electron chi connectivity index (χ3n) is 3.01. The number of hydrogen-bond acceptors (Lipinski definition) is 4. The molecule has 0 spiro atoms. The highest BCUT2D eigenvalue weighted by molar-refractivity contribution is 5.74. The Kier molecular flexibility index (Phi) is 7.81. The summed E-state index contributed by atoms with van der Waals surface area (Å²) in [6.45, 7) is 5.90. The topological polar surface area (TPSA) is 67.9 Å². The lowest BCUT2D eigenvalue weighted by molar-refractivity contribution is 0.0525. The lowest BCUT2D eigenvalue weighted by Crippen LogP contribution is -2.48. The van der Waals surface area contributed by atoms with Gasteiger partial charge < -0.3 is 9.47 Å². The van der Waals surface area contributed by atoms with Crippen LogP contribution >= 0.6 is 0 Å². The summed E-state index contributed by atoms with van der Waals surface area (Å²) in [5.41, 5.74) is 3.41. The maximum absolute atomic E-state index is 12.2. The van der Waals surface area contributed by atoms with Gasteiger partial charge in [0.25, 0.3) is 0 Å². The number of carbonyl (C=O) groups excluding carboxylic acids is 2. The van der Waals surface area contributed by atoms with Crippen molar-refractivity contribution in [1.82, 2.24) is 10.4 Å². The van der Waals surface area contributed by atoms with Gasteiger partial charge in [-0.05, 0) is 25.8 Å². The van der Waals surface area contributed by atoms with Gasteiger partial charge in [-0.1, -0.05) is 43.7 Å². The van der Waals surface area contributed by atoms with Gasteiger partial charge in [0.2, 0.25) is 0 Å². The van der Waals surface area contributed by atoms with Gasteiger partial charge in [-0.3, -0.25) is 0 Å². The molecule has 0 aliphatic rings. The van der Waals surface area contributed by atoms with Crippen molar-refractivity contribution >= 4 is 12.2 Å². The molecule has 22 heavy (non-hydrogen) atoms. The number of benzene rings is 1. The second kappa shape index (κ2) is 9.65. The molecule has 1 aromatic carbocycles. The molecule has 1 rings (SSSR count). The molecule has 1 unspecified atom stereocenters. The van der Waals surface area contributed by atoms with Crippen LogP contribution in [-0.4, -0.2) is 30.4 Å². The van der Waals surface area contributed by atoms with Gasteiger partial charge in [0.15, 0.2) is 0 Å². The highest BCUT2D eigenvalue weighted by Crippen LogP contribution is 2.25. The zero-order valence-electron chi connectivity index (χ0n) is 13.4. The van der Waals surface area contributed by atoms with E-state index in [4.69, 9.17) is 9.47 Å². The van der Waals surface area contributed by atoms with Crippen LogP contribution in [0.15, 0.2) is 30.3 Å². The van der Waals surface area contributed by atoms with Crippen molar-refractivity contribution in [3.05, 3.63) is 35.9 Å². The van der Waals surface area contributed by atoms with E-state index in [1.54, 1.807) is 13.8 Å². The Balaban J connectivity index is 3.02. The molecule has 0 bridgehead atoms. The molecule has 6 heteroatoms. The van der Waals surface area contributed by atoms with Crippen LogP contribution in [0.4, 0.5) is 9.59 Å². The second-order valence-electron chi connectivity index (χ2n) is 4.62. The number of rotatable bonds is 6. The van der Waals surface area contributed by atoms with Crippen molar-refractivity contribution < 1.29 is 19.1 Å². The van der Waals surface area contributed by atoms with Gasteiger partial charge in [0, 0.05) is 0 Å². The molecule has 0 aliphatic heterocycles. The van der Waals surface area contributed by atoms with E-state index in [0.29, 0.717) is 6.42 Å². The molecule has 1 N–H and O–H groups in total. The zero-order chi connectivity index (χ0) is 16.4. The first-order valence-corrected chi connectivity index (χ1v) is 7.58. The van der Waals surface area contributed by atoms with E-state index < -0.39 is 12.2 Å². The van der Waals surface area contributed by atoms with Crippen LogP contribution in [0, 0.1) is 0 Å². The molecule has 0 aliphatic carbocycles. The summed E-state index contributed by atoms with van der Waals surface area (Å²) < 4.78 is 9.91. The molecule has 0 saturated heterocycles. The minimum absolute atomic E-state index is 0.228. The molecule has 1 atom stereocenters. The lowest BCUT2D eigenvalue weighted by atomic mass is 10.0. The number of ether oxygens (including phenoxy) is 2. The second-order valence-corrected chi connectivity index (χ2v) is 4.62. The lowest BCUT2D eigenvalue weighted by Gasteiger charge is -2.30. The van der Waals surface area contributed by atoms with Crippen LogP contribution < -0.4 is 5.43 Å². The monoisotopic (exact) mass is 308 g/mol. The first-order valence-electron chi connectivity index (χ1n) is 7.58. The predicted octanol–water partition coefficient (Wildman–Crippen LogP) is 3.65. The summed E-state index contributed by atoms with van der Waals surface area (Å²) in [7, 11) is 0. The van der Waals surface area contributed by atoms with Crippen molar-refractivity contribution in [3.8, 4) is 0 Å². The largest absolute Gasteiger partial charge is 0.449 e. The molecule has 1 aromatic rings. The summed E-state index contributed by atoms with van der Waals surface area (Å²) in [6.07, 6.45) is 0.264. The number of hydrogen-bond donors (Lipinski definition) is 1. The molecule has 0 aromatic heterocycles. The first-order chi connectivity index (χ1) is 10.6. The van der Waals surface area contributed by atoms with Crippen LogP contribution in [0.5, 0.6) is 0 Å². The molecule has 0 fully saturated rings. The van der Waals surface area contributed by atoms with Gasteiger partial charge >= 0.3 is 12.2 Å². The van der Waals surface area contributed by atoms with E-state index in [1.807, 2.05) is 37.3 Å². The van der Waals surface area contributed by atoms with E-state index in [0.717, 1.165) is 12.0 Å². The number of hydrazine groups is 1. The minimum atomic E-state index is -0.674. The summed E-state index contributed by atoms with van der Waals surface area (Å²) in [4.78, 5) is 23.9. The highest BCUT2D eigenvalue weighted by Gasteiger charge is 2.28. The SMILES string of the molecule is CCCC(c1ccccc1)N(NC(=O)OCC)C(=O)OCC. The van der Waals surface area contributed by atoms with Crippen LogP contribution in [0.25, 0.3) is 0 Å². The third kappa shape index (κ3) is 5.27. The van der Waals surface area contributed by atoms with Crippen molar-refractivity contribution in [3.63, 3.8) is 0 Å². The van der Waals surface area contributed by atoms with E-state index in [2.05, 4.69) is 5.43 Å². The smallest absolute Gasteiger partial charge is 0.429 e. The average molecular weight is 308 g/mol. The van der Waals surface area contributed by atoms with Crippen molar-refractivity contribution in [2.75, 3.05) is 13.2 Å². The summed E-state index contributed by atoms with van der Waals surface area (Å²) in [5.74, 6) is 0. The Hall–Kier alpha value is -2.24. The predicted molar refractivity (Wildman–Crippen MR) is 83.1 cm³/mol. The molecule has 6 nitrogen and oxygen atoms in total. The van der Waals surface area contributed by atoms with Gasteiger partial charge in [0.05, 0.1) is 19.3 Å². The summed E-state index contributed by atoms with van der Waals surface area (Å²) in [5, 5.41) is 1.21. The number of nitrogens with zero attached hydrogens (tertiary/aromatic N) is 1. The summed E-state index contributed by atoms with van der Waals surface area (Å²) in [6, 6.07) is 9.21. The fraction of sp³-hybridized carbons (Fsp3) is 0.500. The standard InChI is InChI=1S/C16H24N2O4/c1-4-10-14(13-11-8-7-9-12-13)18(16(20)22-6-3)17-15(19)21-5-2/h7-9,11-12,14H,4-6,10H2,1-3H3,(H,17,19). The van der Waals surface area contributed by atoms with Crippen LogP contribution in [0.1, 0.15) is 45.2 Å². The van der Waals surface area contributed by atoms with Gasteiger partial charge in [-0.2, -0.15) is 0 Å². The van der Waals surface area contributed by atoms with Gasteiger partial charge in [0.1, 0.15) is 0 Å². The Labute approximate surface area is 131 Å². The van der Waals surface area contributed by atoms with Crippen LogP contribution in [0.2, 0.25) is 0 Å².